The first kappa shape index (κ1) is 12.7. The number of nitrogens with zero attached hydrogens (tertiary/aromatic N) is 3. The summed E-state index contributed by atoms with van der Waals surface area (Å²) >= 11 is 0. The number of anilines is 2. The lowest BCUT2D eigenvalue weighted by atomic mass is 9.90. The molecule has 0 atom stereocenters. The molecular formula is C14H17N5O. The zero-order chi connectivity index (χ0) is 13.9. The fraction of sp³-hybridized carbons (Fsp3) is 0.357. The molecule has 1 aliphatic carbocycles. The van der Waals surface area contributed by atoms with E-state index in [1.807, 2.05) is 12.1 Å². The summed E-state index contributed by atoms with van der Waals surface area (Å²) in [6, 6.07) is 6.09. The van der Waals surface area contributed by atoms with Gasteiger partial charge in [-0.15, -0.1) is 5.10 Å². The quantitative estimate of drug-likeness (QED) is 0.883. The topological polar surface area (TPSA) is 85.8 Å². The van der Waals surface area contributed by atoms with Gasteiger partial charge < -0.3 is 11.1 Å². The van der Waals surface area contributed by atoms with Crippen molar-refractivity contribution < 1.29 is 4.79 Å². The van der Waals surface area contributed by atoms with Gasteiger partial charge >= 0.3 is 0 Å². The maximum atomic E-state index is 12.0. The van der Waals surface area contributed by atoms with Crippen LogP contribution < -0.4 is 11.1 Å². The molecule has 1 heterocycles. The average Bonchev–Trinajstić information content (AvgIpc) is 2.84. The summed E-state index contributed by atoms with van der Waals surface area (Å²) in [6.45, 7) is 0.119. The maximum Gasteiger partial charge on any atom is 0.246 e. The predicted molar refractivity (Wildman–Crippen MR) is 76.1 cm³/mol. The van der Waals surface area contributed by atoms with Crippen LogP contribution in [0, 0.1) is 0 Å². The largest absolute Gasteiger partial charge is 0.367 e. The maximum absolute atomic E-state index is 12.0. The minimum Gasteiger partial charge on any atom is -0.367 e. The highest BCUT2D eigenvalue weighted by Crippen LogP contribution is 2.27. The Hall–Kier alpha value is -2.37. The molecule has 0 saturated carbocycles. The van der Waals surface area contributed by atoms with Crippen LogP contribution in [0.3, 0.4) is 0 Å². The molecule has 20 heavy (non-hydrogen) atoms. The number of nitrogen functional groups attached to an aromatic ring is 1. The fourth-order valence-electron chi connectivity index (χ4n) is 2.62. The van der Waals surface area contributed by atoms with Gasteiger partial charge in [0.15, 0.2) is 0 Å². The molecule has 0 fully saturated rings. The summed E-state index contributed by atoms with van der Waals surface area (Å²) in [7, 11) is 0. The van der Waals surface area contributed by atoms with Crippen molar-refractivity contribution in [3.8, 4) is 0 Å². The number of fused-ring (bicyclic) bond motifs is 1. The minimum atomic E-state index is -0.117. The molecule has 1 aromatic carbocycles. The van der Waals surface area contributed by atoms with Gasteiger partial charge in [-0.3, -0.25) is 4.79 Å². The molecule has 0 radical (unpaired) electrons. The zero-order valence-electron chi connectivity index (χ0n) is 11.2. The van der Waals surface area contributed by atoms with Crippen LogP contribution in [0.15, 0.2) is 24.5 Å². The van der Waals surface area contributed by atoms with Crippen LogP contribution in [0.4, 0.5) is 11.6 Å². The molecule has 0 saturated heterocycles. The number of hydrogen-bond donors (Lipinski definition) is 2. The van der Waals surface area contributed by atoms with Gasteiger partial charge in [-0.2, -0.15) is 0 Å². The van der Waals surface area contributed by atoms with Crippen molar-refractivity contribution in [3.63, 3.8) is 0 Å². The van der Waals surface area contributed by atoms with Crippen molar-refractivity contribution in [2.24, 2.45) is 0 Å². The minimum absolute atomic E-state index is 0.117. The fourth-order valence-corrected chi connectivity index (χ4v) is 2.62. The Morgan fingerprint density at radius 2 is 2.20 bits per heavy atom. The van der Waals surface area contributed by atoms with Crippen LogP contribution in [0.1, 0.15) is 24.0 Å². The first-order chi connectivity index (χ1) is 9.72. The first-order valence-electron chi connectivity index (χ1n) is 6.78. The molecular weight excluding hydrogens is 254 g/mol. The Morgan fingerprint density at radius 3 is 3.00 bits per heavy atom. The third kappa shape index (κ3) is 2.64. The number of rotatable bonds is 3. The molecule has 0 bridgehead atoms. The van der Waals surface area contributed by atoms with Gasteiger partial charge in [0, 0.05) is 5.69 Å². The smallest absolute Gasteiger partial charge is 0.246 e. The molecule has 0 unspecified atom stereocenters. The van der Waals surface area contributed by atoms with Crippen molar-refractivity contribution >= 4 is 17.5 Å². The Balaban J connectivity index is 1.73. The van der Waals surface area contributed by atoms with Crippen LogP contribution in [-0.4, -0.2) is 20.7 Å². The molecule has 104 valence electrons. The van der Waals surface area contributed by atoms with E-state index in [0.29, 0.717) is 0 Å². The standard InChI is InChI=1S/C14H17N5O/c15-14-16-9-19(18-14)8-13(20)17-12-7-3-5-10-4-1-2-6-11(10)12/h3,5,7,9H,1-2,4,6,8H2,(H2,15,18)(H,17,20). The van der Waals surface area contributed by atoms with Crippen LogP contribution in [-0.2, 0) is 24.2 Å². The van der Waals surface area contributed by atoms with Gasteiger partial charge in [-0.1, -0.05) is 12.1 Å². The second kappa shape index (κ2) is 5.32. The summed E-state index contributed by atoms with van der Waals surface area (Å²) in [5.74, 6) is 0.0590. The molecule has 6 nitrogen and oxygen atoms in total. The van der Waals surface area contributed by atoms with E-state index in [4.69, 9.17) is 5.73 Å². The number of carbonyl (C=O) groups excluding carboxylic acids is 1. The van der Waals surface area contributed by atoms with E-state index in [0.717, 1.165) is 18.5 Å². The molecule has 0 aliphatic heterocycles. The normalized spacial score (nSPS) is 13.8. The number of benzene rings is 1. The monoisotopic (exact) mass is 271 g/mol. The summed E-state index contributed by atoms with van der Waals surface area (Å²) in [5.41, 5.74) is 8.96. The Labute approximate surface area is 117 Å². The van der Waals surface area contributed by atoms with E-state index in [-0.39, 0.29) is 18.4 Å². The summed E-state index contributed by atoms with van der Waals surface area (Å²) < 4.78 is 1.43. The molecule has 1 aliphatic rings. The van der Waals surface area contributed by atoms with Crippen LogP contribution in [0.2, 0.25) is 0 Å². The number of carbonyl (C=O) groups is 1. The van der Waals surface area contributed by atoms with Gasteiger partial charge in [-0.25, -0.2) is 9.67 Å². The SMILES string of the molecule is Nc1ncn(CC(=O)Nc2cccc3c2CCCC3)n1. The number of amides is 1. The number of nitrogens with one attached hydrogen (secondary N) is 1. The van der Waals surface area contributed by atoms with E-state index in [1.165, 1.54) is 35.0 Å². The molecule has 6 heteroatoms. The molecule has 3 N–H and O–H groups in total. The van der Waals surface area contributed by atoms with Crippen LogP contribution >= 0.6 is 0 Å². The van der Waals surface area contributed by atoms with E-state index >= 15 is 0 Å². The van der Waals surface area contributed by atoms with E-state index in [2.05, 4.69) is 21.5 Å². The van der Waals surface area contributed by atoms with E-state index < -0.39 is 0 Å². The Kier molecular flexibility index (Phi) is 3.37. The van der Waals surface area contributed by atoms with Crippen molar-refractivity contribution in [2.75, 3.05) is 11.1 Å². The molecule has 0 spiro atoms. The van der Waals surface area contributed by atoms with Crippen molar-refractivity contribution in [1.82, 2.24) is 14.8 Å². The van der Waals surface area contributed by atoms with E-state index in [9.17, 15) is 4.79 Å². The Bertz CT molecular complexity index is 634. The third-order valence-corrected chi connectivity index (χ3v) is 3.53. The number of aryl methyl sites for hydroxylation is 1. The lowest BCUT2D eigenvalue weighted by molar-refractivity contribution is -0.116. The molecule has 1 amide bonds. The summed E-state index contributed by atoms with van der Waals surface area (Å²) in [4.78, 5) is 15.8. The van der Waals surface area contributed by atoms with Gasteiger partial charge in [-0.05, 0) is 42.9 Å². The highest BCUT2D eigenvalue weighted by atomic mass is 16.2. The molecule has 1 aromatic heterocycles. The van der Waals surface area contributed by atoms with Crippen LogP contribution in [0.5, 0.6) is 0 Å². The lowest BCUT2D eigenvalue weighted by Gasteiger charge is -2.19. The second-order valence-corrected chi connectivity index (χ2v) is 5.00. The predicted octanol–water partition coefficient (Wildman–Crippen LogP) is 1.38. The van der Waals surface area contributed by atoms with Gasteiger partial charge in [0.25, 0.3) is 0 Å². The van der Waals surface area contributed by atoms with E-state index in [1.54, 1.807) is 0 Å². The van der Waals surface area contributed by atoms with Crippen molar-refractivity contribution in [3.05, 3.63) is 35.7 Å². The summed E-state index contributed by atoms with van der Waals surface area (Å²) in [5, 5.41) is 6.86. The highest BCUT2D eigenvalue weighted by Gasteiger charge is 2.14. The second-order valence-electron chi connectivity index (χ2n) is 5.00. The Morgan fingerprint density at radius 1 is 1.35 bits per heavy atom. The van der Waals surface area contributed by atoms with Gasteiger partial charge in [0.1, 0.15) is 12.9 Å². The van der Waals surface area contributed by atoms with Crippen molar-refractivity contribution in [2.45, 2.75) is 32.2 Å². The van der Waals surface area contributed by atoms with Gasteiger partial charge in [0.2, 0.25) is 11.9 Å². The van der Waals surface area contributed by atoms with Gasteiger partial charge in [0.05, 0.1) is 0 Å². The highest BCUT2D eigenvalue weighted by molar-refractivity contribution is 5.91. The average molecular weight is 271 g/mol. The zero-order valence-corrected chi connectivity index (χ0v) is 11.2. The van der Waals surface area contributed by atoms with Crippen molar-refractivity contribution in [1.29, 1.82) is 0 Å². The summed E-state index contributed by atoms with van der Waals surface area (Å²) in [6.07, 6.45) is 5.98. The number of nitrogens with two attached hydrogens (primary N) is 1. The lowest BCUT2D eigenvalue weighted by Crippen LogP contribution is -2.20. The van der Waals surface area contributed by atoms with Crippen LogP contribution in [0.25, 0.3) is 0 Å². The first-order valence-corrected chi connectivity index (χ1v) is 6.78. The molecule has 2 aromatic rings. The number of aromatic nitrogens is 3. The third-order valence-electron chi connectivity index (χ3n) is 3.53. The number of hydrogen-bond acceptors (Lipinski definition) is 4. The molecule has 3 rings (SSSR count).